The third-order valence-electron chi connectivity index (χ3n) is 6.18. The van der Waals surface area contributed by atoms with Crippen LogP contribution in [0.3, 0.4) is 0 Å². The van der Waals surface area contributed by atoms with Crippen molar-refractivity contribution >= 4 is 39.2 Å². The van der Waals surface area contributed by atoms with E-state index >= 15 is 0 Å². The SMILES string of the molecule is Cc1ccc(O)c(C)c1-n1c2cc(C3CC3)c(-c3cccs3)nc2c2c(N)ncnc21. The number of fused-ring (bicyclic) bond motifs is 3. The lowest BCUT2D eigenvalue weighted by molar-refractivity contribution is 0.470. The number of nitrogens with zero attached hydrogens (tertiary/aromatic N) is 4. The predicted octanol–water partition coefficient (Wildman–Crippen LogP) is 5.48. The van der Waals surface area contributed by atoms with Gasteiger partial charge in [0.05, 0.1) is 27.2 Å². The van der Waals surface area contributed by atoms with E-state index in [1.54, 1.807) is 17.4 Å². The Labute approximate surface area is 183 Å². The van der Waals surface area contributed by atoms with Crippen LogP contribution in [0.5, 0.6) is 5.75 Å². The van der Waals surface area contributed by atoms with Gasteiger partial charge in [-0.1, -0.05) is 12.1 Å². The quantitative estimate of drug-likeness (QED) is 0.398. The number of hydrogen-bond acceptors (Lipinski definition) is 6. The molecular weight excluding hydrogens is 406 g/mol. The average Bonchev–Trinajstić information content (AvgIpc) is 3.36. The molecule has 154 valence electrons. The number of pyridine rings is 1. The van der Waals surface area contributed by atoms with Crippen molar-refractivity contribution in [3.05, 3.63) is 58.7 Å². The molecule has 0 spiro atoms. The van der Waals surface area contributed by atoms with E-state index in [1.165, 1.54) is 24.7 Å². The highest BCUT2D eigenvalue weighted by Crippen LogP contribution is 2.47. The monoisotopic (exact) mass is 427 g/mol. The first-order chi connectivity index (χ1) is 15.0. The number of nitrogens with two attached hydrogens (primary N) is 1. The van der Waals surface area contributed by atoms with Gasteiger partial charge in [0.2, 0.25) is 0 Å². The summed E-state index contributed by atoms with van der Waals surface area (Å²) in [4.78, 5) is 15.2. The summed E-state index contributed by atoms with van der Waals surface area (Å²) in [6.45, 7) is 3.97. The third kappa shape index (κ3) is 2.66. The fraction of sp³-hybridized carbons (Fsp3) is 0.208. The fourth-order valence-corrected chi connectivity index (χ4v) is 5.22. The third-order valence-corrected chi connectivity index (χ3v) is 7.05. The number of thiophene rings is 1. The fourth-order valence-electron chi connectivity index (χ4n) is 4.48. The van der Waals surface area contributed by atoms with Gasteiger partial charge in [0.15, 0.2) is 5.65 Å². The van der Waals surface area contributed by atoms with Crippen LogP contribution in [0.1, 0.15) is 35.4 Å². The second-order valence-corrected chi connectivity index (χ2v) is 9.16. The number of hydrogen-bond donors (Lipinski definition) is 2. The molecule has 1 aromatic carbocycles. The van der Waals surface area contributed by atoms with Gasteiger partial charge in [-0.05, 0) is 67.3 Å². The molecular formula is C24H21N5OS. The van der Waals surface area contributed by atoms with E-state index in [9.17, 15) is 5.11 Å². The minimum absolute atomic E-state index is 0.253. The van der Waals surface area contributed by atoms with Gasteiger partial charge in [-0.2, -0.15) is 0 Å². The first-order valence-corrected chi connectivity index (χ1v) is 11.2. The standard InChI is InChI=1S/C24H21N5OS/c1-12-5-8-17(30)13(2)22(12)29-16-10-15(14-6-7-14)20(18-4-3-9-31-18)28-21(16)19-23(25)26-11-27-24(19)29/h3-5,8-11,14,30H,6-7H2,1-2H3,(H2,25,26,27). The van der Waals surface area contributed by atoms with Gasteiger partial charge in [-0.15, -0.1) is 11.3 Å². The van der Waals surface area contributed by atoms with E-state index in [4.69, 9.17) is 10.7 Å². The topological polar surface area (TPSA) is 89.8 Å². The number of aromatic nitrogens is 4. The second kappa shape index (κ2) is 6.52. The summed E-state index contributed by atoms with van der Waals surface area (Å²) >= 11 is 1.70. The van der Waals surface area contributed by atoms with E-state index in [1.807, 2.05) is 19.9 Å². The second-order valence-electron chi connectivity index (χ2n) is 8.21. The number of aryl methyl sites for hydroxylation is 1. The Hall–Kier alpha value is -3.45. The highest BCUT2D eigenvalue weighted by Gasteiger charge is 2.30. The smallest absolute Gasteiger partial charge is 0.152 e. The van der Waals surface area contributed by atoms with Gasteiger partial charge < -0.3 is 10.8 Å². The van der Waals surface area contributed by atoms with Crippen molar-refractivity contribution in [1.82, 2.24) is 19.5 Å². The Morgan fingerprint density at radius 1 is 1.16 bits per heavy atom. The van der Waals surface area contributed by atoms with Crippen LogP contribution in [0.2, 0.25) is 0 Å². The minimum Gasteiger partial charge on any atom is -0.508 e. The Kier molecular flexibility index (Phi) is 3.86. The molecule has 4 aromatic heterocycles. The van der Waals surface area contributed by atoms with Gasteiger partial charge >= 0.3 is 0 Å². The summed E-state index contributed by atoms with van der Waals surface area (Å²) < 4.78 is 2.09. The molecule has 5 aromatic rings. The summed E-state index contributed by atoms with van der Waals surface area (Å²) in [6.07, 6.45) is 3.85. The van der Waals surface area contributed by atoms with Crippen LogP contribution in [-0.4, -0.2) is 24.6 Å². The molecule has 1 fully saturated rings. The lowest BCUT2D eigenvalue weighted by Crippen LogP contribution is -2.03. The van der Waals surface area contributed by atoms with Gasteiger partial charge in [0.1, 0.15) is 23.4 Å². The molecule has 0 saturated heterocycles. The molecule has 4 heterocycles. The van der Waals surface area contributed by atoms with Crippen LogP contribution in [0.25, 0.3) is 38.3 Å². The summed E-state index contributed by atoms with van der Waals surface area (Å²) in [5, 5.41) is 13.3. The predicted molar refractivity (Wildman–Crippen MR) is 125 cm³/mol. The number of aromatic hydroxyl groups is 1. The zero-order chi connectivity index (χ0) is 21.3. The van der Waals surface area contributed by atoms with Crippen LogP contribution >= 0.6 is 11.3 Å². The maximum Gasteiger partial charge on any atom is 0.152 e. The summed E-state index contributed by atoms with van der Waals surface area (Å²) in [7, 11) is 0. The first-order valence-electron chi connectivity index (χ1n) is 10.3. The lowest BCUT2D eigenvalue weighted by Gasteiger charge is -2.15. The first kappa shape index (κ1) is 18.3. The number of nitrogen functional groups attached to an aromatic ring is 1. The molecule has 0 aliphatic heterocycles. The minimum atomic E-state index is 0.253. The molecule has 0 radical (unpaired) electrons. The van der Waals surface area contributed by atoms with Crippen LogP contribution in [0, 0.1) is 13.8 Å². The molecule has 6 rings (SSSR count). The summed E-state index contributed by atoms with van der Waals surface area (Å²) in [5.41, 5.74) is 13.8. The van der Waals surface area contributed by atoms with Crippen LogP contribution in [-0.2, 0) is 0 Å². The van der Waals surface area contributed by atoms with E-state index < -0.39 is 0 Å². The number of phenols is 1. The van der Waals surface area contributed by atoms with E-state index in [-0.39, 0.29) is 5.75 Å². The molecule has 6 nitrogen and oxygen atoms in total. The normalized spacial score (nSPS) is 14.0. The van der Waals surface area contributed by atoms with Gasteiger partial charge in [-0.3, -0.25) is 4.57 Å². The molecule has 31 heavy (non-hydrogen) atoms. The van der Waals surface area contributed by atoms with Gasteiger partial charge in [-0.25, -0.2) is 15.0 Å². The van der Waals surface area contributed by atoms with E-state index in [0.717, 1.165) is 43.8 Å². The summed E-state index contributed by atoms with van der Waals surface area (Å²) in [6, 6.07) is 10.1. The van der Waals surface area contributed by atoms with Crippen LogP contribution in [0.15, 0.2) is 42.0 Å². The maximum atomic E-state index is 10.5. The zero-order valence-electron chi connectivity index (χ0n) is 17.3. The molecule has 1 aliphatic carbocycles. The zero-order valence-corrected chi connectivity index (χ0v) is 18.1. The van der Waals surface area contributed by atoms with Crippen LogP contribution in [0.4, 0.5) is 5.82 Å². The van der Waals surface area contributed by atoms with Crippen molar-refractivity contribution in [2.45, 2.75) is 32.6 Å². The molecule has 0 unspecified atom stereocenters. The van der Waals surface area contributed by atoms with Gasteiger partial charge in [0, 0.05) is 5.56 Å². The molecule has 0 bridgehead atoms. The highest BCUT2D eigenvalue weighted by molar-refractivity contribution is 7.13. The van der Waals surface area contributed by atoms with E-state index in [0.29, 0.717) is 17.4 Å². The Morgan fingerprint density at radius 3 is 2.74 bits per heavy atom. The Morgan fingerprint density at radius 2 is 2.00 bits per heavy atom. The number of benzene rings is 1. The Bertz CT molecular complexity index is 1480. The summed E-state index contributed by atoms with van der Waals surface area (Å²) in [5.74, 6) is 1.19. The van der Waals surface area contributed by atoms with E-state index in [2.05, 4.69) is 38.1 Å². The average molecular weight is 428 g/mol. The van der Waals surface area contributed by atoms with Crippen molar-refractivity contribution in [3.63, 3.8) is 0 Å². The maximum absolute atomic E-state index is 10.5. The molecule has 0 amide bonds. The van der Waals surface area contributed by atoms with Gasteiger partial charge in [0.25, 0.3) is 0 Å². The molecule has 0 atom stereocenters. The Balaban J connectivity index is 1.81. The number of anilines is 1. The van der Waals surface area contributed by atoms with Crippen molar-refractivity contribution in [1.29, 1.82) is 0 Å². The lowest BCUT2D eigenvalue weighted by atomic mass is 10.1. The van der Waals surface area contributed by atoms with Crippen molar-refractivity contribution < 1.29 is 5.11 Å². The molecule has 3 N–H and O–H groups in total. The molecule has 1 saturated carbocycles. The largest absolute Gasteiger partial charge is 0.508 e. The van der Waals surface area contributed by atoms with Crippen molar-refractivity contribution in [2.75, 3.05) is 5.73 Å². The van der Waals surface area contributed by atoms with Crippen molar-refractivity contribution in [2.24, 2.45) is 0 Å². The van der Waals surface area contributed by atoms with Crippen molar-refractivity contribution in [3.8, 4) is 22.0 Å². The highest BCUT2D eigenvalue weighted by atomic mass is 32.1. The molecule has 7 heteroatoms. The van der Waals surface area contributed by atoms with Crippen LogP contribution < -0.4 is 5.73 Å². The number of phenolic OH excluding ortho intramolecular Hbond substituents is 1. The number of rotatable bonds is 3. The molecule has 1 aliphatic rings.